The quantitative estimate of drug-likeness (QED) is 0.743. The van der Waals surface area contributed by atoms with Crippen LogP contribution in [0, 0.1) is 6.92 Å². The van der Waals surface area contributed by atoms with Gasteiger partial charge in [-0.05, 0) is 31.0 Å². The van der Waals surface area contributed by atoms with Gasteiger partial charge in [0, 0.05) is 5.02 Å². The molecule has 0 unspecified atom stereocenters. The van der Waals surface area contributed by atoms with Crippen LogP contribution in [-0.2, 0) is 0 Å². The zero-order valence-electron chi connectivity index (χ0n) is 7.73. The largest absolute Gasteiger partial charge is 0.492 e. The lowest BCUT2D eigenvalue weighted by Crippen LogP contribution is -1.97. The van der Waals surface area contributed by atoms with Crippen molar-refractivity contribution in [3.63, 3.8) is 0 Å². The molecule has 0 aliphatic carbocycles. The first kappa shape index (κ1) is 10.7. The average Bonchev–Trinajstić information content (AvgIpc) is 2.02. The Morgan fingerprint density at radius 2 is 2.00 bits per heavy atom. The SMILES string of the molecule is CCCOc1c(C)cc(Cl)cc1Cl. The van der Waals surface area contributed by atoms with E-state index in [1.807, 2.05) is 13.0 Å². The number of ether oxygens (including phenoxy) is 1. The zero-order chi connectivity index (χ0) is 9.84. The fourth-order valence-corrected chi connectivity index (χ4v) is 1.73. The molecule has 1 aromatic carbocycles. The van der Waals surface area contributed by atoms with Gasteiger partial charge >= 0.3 is 0 Å². The first-order chi connectivity index (χ1) is 6.15. The Hall–Kier alpha value is -0.400. The molecule has 0 atom stereocenters. The molecule has 72 valence electrons. The molecule has 0 bridgehead atoms. The summed E-state index contributed by atoms with van der Waals surface area (Å²) in [6, 6.07) is 3.54. The summed E-state index contributed by atoms with van der Waals surface area (Å²) in [5.41, 5.74) is 0.978. The lowest BCUT2D eigenvalue weighted by Gasteiger charge is -2.10. The normalized spacial score (nSPS) is 10.2. The lowest BCUT2D eigenvalue weighted by atomic mass is 10.2. The van der Waals surface area contributed by atoms with E-state index in [0.29, 0.717) is 16.7 Å². The van der Waals surface area contributed by atoms with Gasteiger partial charge in [0.1, 0.15) is 5.75 Å². The minimum absolute atomic E-state index is 0.582. The standard InChI is InChI=1S/C10H12Cl2O/c1-3-4-13-10-7(2)5-8(11)6-9(10)12/h5-6H,3-4H2,1-2H3. The molecule has 0 heterocycles. The van der Waals surface area contributed by atoms with Crippen LogP contribution in [0.1, 0.15) is 18.9 Å². The van der Waals surface area contributed by atoms with Crippen LogP contribution < -0.4 is 4.74 Å². The molecule has 0 saturated carbocycles. The summed E-state index contributed by atoms with van der Waals surface area (Å²) in [6.07, 6.45) is 0.971. The second-order valence-corrected chi connectivity index (χ2v) is 3.73. The molecular formula is C10H12Cl2O. The predicted octanol–water partition coefficient (Wildman–Crippen LogP) is 4.09. The maximum Gasteiger partial charge on any atom is 0.140 e. The van der Waals surface area contributed by atoms with Gasteiger partial charge in [-0.3, -0.25) is 0 Å². The van der Waals surface area contributed by atoms with E-state index in [1.54, 1.807) is 6.07 Å². The Morgan fingerprint density at radius 1 is 1.31 bits per heavy atom. The van der Waals surface area contributed by atoms with Crippen molar-refractivity contribution in [3.05, 3.63) is 27.7 Å². The van der Waals surface area contributed by atoms with Crippen molar-refractivity contribution in [2.24, 2.45) is 0 Å². The van der Waals surface area contributed by atoms with Crippen LogP contribution in [0.4, 0.5) is 0 Å². The van der Waals surface area contributed by atoms with Gasteiger partial charge in [0.15, 0.2) is 0 Å². The Kier molecular flexibility index (Phi) is 3.89. The van der Waals surface area contributed by atoms with Crippen molar-refractivity contribution >= 4 is 23.2 Å². The van der Waals surface area contributed by atoms with Crippen LogP contribution in [-0.4, -0.2) is 6.61 Å². The highest BCUT2D eigenvalue weighted by atomic mass is 35.5. The lowest BCUT2D eigenvalue weighted by molar-refractivity contribution is 0.315. The number of hydrogen-bond acceptors (Lipinski definition) is 1. The molecular weight excluding hydrogens is 207 g/mol. The first-order valence-electron chi connectivity index (χ1n) is 4.23. The summed E-state index contributed by atoms with van der Waals surface area (Å²) >= 11 is 11.8. The summed E-state index contributed by atoms with van der Waals surface area (Å²) in [7, 11) is 0. The van der Waals surface area contributed by atoms with E-state index in [9.17, 15) is 0 Å². The summed E-state index contributed by atoms with van der Waals surface area (Å²) < 4.78 is 5.48. The molecule has 0 amide bonds. The molecule has 0 fully saturated rings. The molecule has 0 saturated heterocycles. The molecule has 0 aliphatic rings. The van der Waals surface area contributed by atoms with Crippen molar-refractivity contribution < 1.29 is 4.74 Å². The Morgan fingerprint density at radius 3 is 2.54 bits per heavy atom. The van der Waals surface area contributed by atoms with E-state index < -0.39 is 0 Å². The third kappa shape index (κ3) is 2.78. The average molecular weight is 219 g/mol. The number of aryl methyl sites for hydroxylation is 1. The van der Waals surface area contributed by atoms with Crippen molar-refractivity contribution in [2.75, 3.05) is 6.61 Å². The van der Waals surface area contributed by atoms with Gasteiger partial charge in [-0.25, -0.2) is 0 Å². The zero-order valence-corrected chi connectivity index (χ0v) is 9.24. The van der Waals surface area contributed by atoms with Crippen LogP contribution in [0.2, 0.25) is 10.0 Å². The molecule has 3 heteroatoms. The number of benzene rings is 1. The number of hydrogen-bond donors (Lipinski definition) is 0. The second-order valence-electron chi connectivity index (χ2n) is 2.88. The van der Waals surface area contributed by atoms with Crippen LogP contribution in [0.25, 0.3) is 0 Å². The van der Waals surface area contributed by atoms with Gasteiger partial charge in [0.05, 0.1) is 11.6 Å². The molecule has 1 aromatic rings. The van der Waals surface area contributed by atoms with E-state index in [-0.39, 0.29) is 0 Å². The van der Waals surface area contributed by atoms with Crippen LogP contribution >= 0.6 is 23.2 Å². The van der Waals surface area contributed by atoms with Gasteiger partial charge in [0.2, 0.25) is 0 Å². The molecule has 0 radical (unpaired) electrons. The fraction of sp³-hybridized carbons (Fsp3) is 0.400. The van der Waals surface area contributed by atoms with E-state index >= 15 is 0 Å². The summed E-state index contributed by atoms with van der Waals surface area (Å²) in [5.74, 6) is 0.743. The van der Waals surface area contributed by atoms with Crippen molar-refractivity contribution in [2.45, 2.75) is 20.3 Å². The summed E-state index contributed by atoms with van der Waals surface area (Å²) in [4.78, 5) is 0. The van der Waals surface area contributed by atoms with Crippen molar-refractivity contribution in [1.29, 1.82) is 0 Å². The molecule has 0 aromatic heterocycles. The van der Waals surface area contributed by atoms with Gasteiger partial charge in [-0.2, -0.15) is 0 Å². The minimum atomic E-state index is 0.582. The number of rotatable bonds is 3. The van der Waals surface area contributed by atoms with Crippen LogP contribution in [0.15, 0.2) is 12.1 Å². The van der Waals surface area contributed by atoms with Gasteiger partial charge in [-0.1, -0.05) is 30.1 Å². The van der Waals surface area contributed by atoms with E-state index in [1.165, 1.54) is 0 Å². The number of halogens is 2. The molecule has 1 nitrogen and oxygen atoms in total. The summed E-state index contributed by atoms with van der Waals surface area (Å²) in [6.45, 7) is 4.67. The maximum absolute atomic E-state index is 5.96. The second kappa shape index (κ2) is 4.73. The molecule has 13 heavy (non-hydrogen) atoms. The third-order valence-electron chi connectivity index (χ3n) is 1.64. The Balaban J connectivity index is 2.92. The van der Waals surface area contributed by atoms with E-state index in [2.05, 4.69) is 6.92 Å². The molecule has 0 aliphatic heterocycles. The Bertz CT molecular complexity index is 274. The van der Waals surface area contributed by atoms with Crippen molar-refractivity contribution in [1.82, 2.24) is 0 Å². The molecule has 0 N–H and O–H groups in total. The third-order valence-corrected chi connectivity index (χ3v) is 2.14. The Labute approximate surface area is 88.6 Å². The first-order valence-corrected chi connectivity index (χ1v) is 4.99. The minimum Gasteiger partial charge on any atom is -0.492 e. The van der Waals surface area contributed by atoms with E-state index in [0.717, 1.165) is 17.7 Å². The van der Waals surface area contributed by atoms with Gasteiger partial charge in [0.25, 0.3) is 0 Å². The predicted molar refractivity (Wildman–Crippen MR) is 57.0 cm³/mol. The smallest absolute Gasteiger partial charge is 0.140 e. The van der Waals surface area contributed by atoms with Gasteiger partial charge < -0.3 is 4.74 Å². The monoisotopic (exact) mass is 218 g/mol. The highest BCUT2D eigenvalue weighted by Crippen LogP contribution is 2.31. The highest BCUT2D eigenvalue weighted by molar-refractivity contribution is 6.35. The molecule has 0 spiro atoms. The van der Waals surface area contributed by atoms with Crippen LogP contribution in [0.3, 0.4) is 0 Å². The molecule has 1 rings (SSSR count). The maximum atomic E-state index is 5.96. The highest BCUT2D eigenvalue weighted by Gasteiger charge is 2.06. The summed E-state index contributed by atoms with van der Waals surface area (Å²) in [5, 5.41) is 1.23. The van der Waals surface area contributed by atoms with Crippen molar-refractivity contribution in [3.8, 4) is 5.75 Å². The topological polar surface area (TPSA) is 9.23 Å². The van der Waals surface area contributed by atoms with Gasteiger partial charge in [-0.15, -0.1) is 0 Å². The van der Waals surface area contributed by atoms with E-state index in [4.69, 9.17) is 27.9 Å². The van der Waals surface area contributed by atoms with Crippen LogP contribution in [0.5, 0.6) is 5.75 Å². The fourth-order valence-electron chi connectivity index (χ4n) is 1.08.